The molecule has 0 saturated heterocycles. The average Bonchev–Trinajstić information content (AvgIpc) is 2.92. The third kappa shape index (κ3) is 2.46. The molecule has 0 atom stereocenters. The number of nitrogens with zero attached hydrogens (tertiary/aromatic N) is 3. The smallest absolute Gasteiger partial charge is 0.270 e. The van der Waals surface area contributed by atoms with Gasteiger partial charge >= 0.3 is 0 Å². The average molecular weight is 313 g/mol. The molecule has 3 rings (SSSR count). The summed E-state index contributed by atoms with van der Waals surface area (Å²) >= 11 is 0. The number of nitro groups is 2. The lowest BCUT2D eigenvalue weighted by Gasteiger charge is -2.00. The van der Waals surface area contributed by atoms with Crippen LogP contribution in [0.4, 0.5) is 11.4 Å². The van der Waals surface area contributed by atoms with Gasteiger partial charge in [0.15, 0.2) is 0 Å². The van der Waals surface area contributed by atoms with Gasteiger partial charge in [-0.25, -0.2) is 0 Å². The van der Waals surface area contributed by atoms with E-state index >= 15 is 0 Å². The number of hydrogen-bond donors (Lipinski definition) is 0. The molecular formula is C15H11N3O5. The second-order valence-corrected chi connectivity index (χ2v) is 4.81. The van der Waals surface area contributed by atoms with Gasteiger partial charge in [-0.3, -0.25) is 20.2 Å². The Labute approximate surface area is 129 Å². The molecule has 1 heterocycles. The van der Waals surface area contributed by atoms with Crippen LogP contribution in [0.2, 0.25) is 0 Å². The lowest BCUT2D eigenvalue weighted by atomic mass is 10.0. The molecule has 0 N–H and O–H groups in total. The highest BCUT2D eigenvalue weighted by Crippen LogP contribution is 2.33. The number of non-ortho nitro benzene ring substituents is 2. The number of benzene rings is 2. The quantitative estimate of drug-likeness (QED) is 0.544. The number of rotatable bonds is 4. The molecule has 0 amide bonds. The van der Waals surface area contributed by atoms with Gasteiger partial charge in [0, 0.05) is 35.2 Å². The summed E-state index contributed by atoms with van der Waals surface area (Å²) in [6.07, 6.45) is 1.69. The van der Waals surface area contributed by atoms with Crippen LogP contribution in [-0.4, -0.2) is 21.7 Å². The predicted octanol–water partition coefficient (Wildman–Crippen LogP) is 3.18. The fraction of sp³-hybridized carbons (Fsp3) is 0.0667. The first kappa shape index (κ1) is 14.5. The molecular weight excluding hydrogens is 302 g/mol. The molecule has 8 heteroatoms. The standard InChI is InChI=1S/C15H11N3O5/c1-23-16-9-14(10-2-4-11(5-3-10)17(19)20)13-8-12(18(21)22)6-7-15(13)16/h2-9H,1H3. The van der Waals surface area contributed by atoms with Gasteiger partial charge in [0.05, 0.1) is 21.6 Å². The van der Waals surface area contributed by atoms with Gasteiger partial charge in [0.2, 0.25) is 0 Å². The van der Waals surface area contributed by atoms with Crippen LogP contribution >= 0.6 is 0 Å². The summed E-state index contributed by atoms with van der Waals surface area (Å²) in [5.74, 6) is 0. The Hall–Kier alpha value is -3.42. The summed E-state index contributed by atoms with van der Waals surface area (Å²) in [7, 11) is 1.49. The van der Waals surface area contributed by atoms with E-state index in [2.05, 4.69) is 0 Å². The molecule has 23 heavy (non-hydrogen) atoms. The van der Waals surface area contributed by atoms with E-state index in [0.717, 1.165) is 0 Å². The van der Waals surface area contributed by atoms with Crippen molar-refractivity contribution in [2.24, 2.45) is 0 Å². The second kappa shape index (κ2) is 5.41. The van der Waals surface area contributed by atoms with Crippen molar-refractivity contribution in [2.45, 2.75) is 0 Å². The molecule has 1 aromatic heterocycles. The van der Waals surface area contributed by atoms with Crippen LogP contribution < -0.4 is 4.84 Å². The number of hydrogen-bond acceptors (Lipinski definition) is 5. The fourth-order valence-corrected chi connectivity index (χ4v) is 2.45. The fourth-order valence-electron chi connectivity index (χ4n) is 2.45. The molecule has 0 aliphatic heterocycles. The Morgan fingerprint density at radius 2 is 1.57 bits per heavy atom. The van der Waals surface area contributed by atoms with E-state index in [-0.39, 0.29) is 11.4 Å². The van der Waals surface area contributed by atoms with Gasteiger partial charge in [-0.15, -0.1) is 0 Å². The minimum Gasteiger partial charge on any atom is -0.417 e. The van der Waals surface area contributed by atoms with E-state index in [1.807, 2.05) is 0 Å². The summed E-state index contributed by atoms with van der Waals surface area (Å²) in [6.45, 7) is 0. The monoisotopic (exact) mass is 313 g/mol. The zero-order chi connectivity index (χ0) is 16.6. The minimum absolute atomic E-state index is 0.0183. The summed E-state index contributed by atoms with van der Waals surface area (Å²) in [4.78, 5) is 26.0. The Kier molecular flexibility index (Phi) is 3.41. The zero-order valence-electron chi connectivity index (χ0n) is 12.0. The van der Waals surface area contributed by atoms with Crippen molar-refractivity contribution in [3.8, 4) is 11.1 Å². The van der Waals surface area contributed by atoms with Crippen LogP contribution in [-0.2, 0) is 0 Å². The van der Waals surface area contributed by atoms with E-state index in [9.17, 15) is 20.2 Å². The highest BCUT2D eigenvalue weighted by atomic mass is 16.6. The third-order valence-electron chi connectivity index (χ3n) is 3.55. The van der Waals surface area contributed by atoms with Crippen LogP contribution in [0.25, 0.3) is 22.0 Å². The van der Waals surface area contributed by atoms with Crippen LogP contribution in [0, 0.1) is 20.2 Å². The molecule has 0 radical (unpaired) electrons. The van der Waals surface area contributed by atoms with Crippen LogP contribution in [0.3, 0.4) is 0 Å². The Morgan fingerprint density at radius 1 is 0.957 bits per heavy atom. The SMILES string of the molecule is COn1cc(-c2ccc([N+](=O)[O-])cc2)c2cc([N+](=O)[O-])ccc21. The highest BCUT2D eigenvalue weighted by molar-refractivity contribution is 5.97. The largest absolute Gasteiger partial charge is 0.417 e. The van der Waals surface area contributed by atoms with E-state index in [0.29, 0.717) is 22.0 Å². The van der Waals surface area contributed by atoms with Crippen LogP contribution in [0.1, 0.15) is 0 Å². The molecule has 2 aromatic carbocycles. The van der Waals surface area contributed by atoms with E-state index in [1.54, 1.807) is 24.4 Å². The Bertz CT molecular complexity index is 915. The summed E-state index contributed by atoms with van der Waals surface area (Å²) < 4.78 is 1.50. The van der Waals surface area contributed by atoms with Crippen molar-refractivity contribution in [1.29, 1.82) is 0 Å². The van der Waals surface area contributed by atoms with Gasteiger partial charge < -0.3 is 4.84 Å². The maximum absolute atomic E-state index is 11.0. The Balaban J connectivity index is 2.21. The normalized spacial score (nSPS) is 10.7. The van der Waals surface area contributed by atoms with Crippen LogP contribution in [0.15, 0.2) is 48.7 Å². The van der Waals surface area contributed by atoms with Crippen molar-refractivity contribution in [1.82, 2.24) is 4.73 Å². The van der Waals surface area contributed by atoms with Crippen molar-refractivity contribution >= 4 is 22.3 Å². The van der Waals surface area contributed by atoms with E-state index < -0.39 is 9.85 Å². The van der Waals surface area contributed by atoms with Crippen molar-refractivity contribution < 1.29 is 14.7 Å². The van der Waals surface area contributed by atoms with Crippen molar-refractivity contribution in [3.63, 3.8) is 0 Å². The van der Waals surface area contributed by atoms with Gasteiger partial charge in [-0.1, -0.05) is 0 Å². The first-order valence-corrected chi connectivity index (χ1v) is 6.60. The highest BCUT2D eigenvalue weighted by Gasteiger charge is 2.16. The molecule has 0 aliphatic rings. The van der Waals surface area contributed by atoms with E-state index in [1.165, 1.54) is 36.1 Å². The number of nitro benzene ring substituents is 2. The van der Waals surface area contributed by atoms with Crippen LogP contribution in [0.5, 0.6) is 0 Å². The Morgan fingerprint density at radius 3 is 2.13 bits per heavy atom. The molecule has 116 valence electrons. The summed E-state index contributed by atoms with van der Waals surface area (Å²) in [5, 5.41) is 22.4. The molecule has 3 aromatic rings. The third-order valence-corrected chi connectivity index (χ3v) is 3.55. The van der Waals surface area contributed by atoms with Gasteiger partial charge in [0.1, 0.15) is 7.11 Å². The zero-order valence-corrected chi connectivity index (χ0v) is 12.0. The first-order valence-electron chi connectivity index (χ1n) is 6.60. The molecule has 0 saturated carbocycles. The summed E-state index contributed by atoms with van der Waals surface area (Å²) in [5.41, 5.74) is 2.02. The van der Waals surface area contributed by atoms with E-state index in [4.69, 9.17) is 4.84 Å². The van der Waals surface area contributed by atoms with Gasteiger partial charge in [-0.2, -0.15) is 4.73 Å². The minimum atomic E-state index is -0.479. The maximum atomic E-state index is 11.0. The molecule has 0 aliphatic carbocycles. The number of fused-ring (bicyclic) bond motifs is 1. The maximum Gasteiger partial charge on any atom is 0.270 e. The molecule has 0 bridgehead atoms. The topological polar surface area (TPSA) is 100 Å². The molecule has 0 fully saturated rings. The second-order valence-electron chi connectivity index (χ2n) is 4.81. The van der Waals surface area contributed by atoms with Crippen molar-refractivity contribution in [3.05, 3.63) is 68.9 Å². The lowest BCUT2D eigenvalue weighted by molar-refractivity contribution is -0.385. The predicted molar refractivity (Wildman–Crippen MR) is 83.2 cm³/mol. The number of aromatic nitrogens is 1. The first-order chi connectivity index (χ1) is 11.0. The molecule has 8 nitrogen and oxygen atoms in total. The van der Waals surface area contributed by atoms with Gasteiger partial charge in [0.25, 0.3) is 11.4 Å². The molecule has 0 unspecified atom stereocenters. The van der Waals surface area contributed by atoms with Gasteiger partial charge in [-0.05, 0) is 23.8 Å². The lowest BCUT2D eigenvalue weighted by Crippen LogP contribution is -2.02. The summed E-state index contributed by atoms with van der Waals surface area (Å²) in [6, 6.07) is 10.5. The molecule has 0 spiro atoms. The van der Waals surface area contributed by atoms with Crippen molar-refractivity contribution in [2.75, 3.05) is 7.11 Å².